The lowest BCUT2D eigenvalue weighted by molar-refractivity contribution is -0.210. The Hall–Kier alpha value is -3.51. The Kier molecular flexibility index (Phi) is 12.1. The number of allylic oxidation sites excluding steroid dienone is 2. The smallest absolute Gasteiger partial charge is 0.341 e. The van der Waals surface area contributed by atoms with E-state index in [1.807, 2.05) is 0 Å². The van der Waals surface area contributed by atoms with Crippen molar-refractivity contribution in [1.82, 2.24) is 0 Å². The molecule has 0 spiro atoms. The Balaban J connectivity index is 2.23. The van der Waals surface area contributed by atoms with E-state index in [0.29, 0.717) is 17.9 Å². The van der Waals surface area contributed by atoms with Gasteiger partial charge in [0.25, 0.3) is 0 Å². The van der Waals surface area contributed by atoms with E-state index in [2.05, 4.69) is 13.8 Å². The van der Waals surface area contributed by atoms with E-state index in [1.54, 1.807) is 40.7 Å². The minimum Gasteiger partial charge on any atom is -0.459 e. The molecule has 0 radical (unpaired) electrons. The zero-order chi connectivity index (χ0) is 36.4. The number of hydrogen-bond acceptors (Lipinski definition) is 12. The summed E-state index contributed by atoms with van der Waals surface area (Å²) in [7, 11) is 0. The third-order valence-electron chi connectivity index (χ3n) is 9.99. The average Bonchev–Trinajstić information content (AvgIpc) is 3.32. The molecule has 3 aliphatic rings. The molecule has 3 rings (SSSR count). The van der Waals surface area contributed by atoms with Gasteiger partial charge in [0.1, 0.15) is 11.7 Å². The summed E-state index contributed by atoms with van der Waals surface area (Å²) in [6.07, 6.45) is -0.240. The van der Waals surface area contributed by atoms with E-state index < -0.39 is 83.4 Å². The molecule has 1 heterocycles. The van der Waals surface area contributed by atoms with Gasteiger partial charge in [-0.05, 0) is 72.0 Å². The van der Waals surface area contributed by atoms with E-state index in [1.165, 1.54) is 19.9 Å². The topological polar surface area (TPSA) is 172 Å². The lowest BCUT2D eigenvalue weighted by atomic mass is 9.75. The third kappa shape index (κ3) is 7.54. The molecular formula is C36H52O12. The predicted octanol–water partition coefficient (Wildman–Crippen LogP) is 4.34. The van der Waals surface area contributed by atoms with Gasteiger partial charge >= 0.3 is 29.8 Å². The molecule has 0 aromatic rings. The first kappa shape index (κ1) is 38.9. The van der Waals surface area contributed by atoms with Gasteiger partial charge in [-0.1, -0.05) is 44.8 Å². The van der Waals surface area contributed by atoms with Crippen molar-refractivity contribution in [2.24, 2.45) is 11.8 Å². The summed E-state index contributed by atoms with van der Waals surface area (Å²) in [6.45, 7) is 16.1. The fourth-order valence-electron chi connectivity index (χ4n) is 6.98. The van der Waals surface area contributed by atoms with Gasteiger partial charge < -0.3 is 33.9 Å². The van der Waals surface area contributed by atoms with Crippen LogP contribution in [0.25, 0.3) is 0 Å². The van der Waals surface area contributed by atoms with Gasteiger partial charge in [-0.2, -0.15) is 0 Å². The van der Waals surface area contributed by atoms with Crippen LogP contribution in [-0.4, -0.2) is 81.3 Å². The lowest BCUT2D eigenvalue weighted by Crippen LogP contribution is -2.64. The van der Waals surface area contributed by atoms with Crippen molar-refractivity contribution in [3.8, 4) is 0 Å². The van der Waals surface area contributed by atoms with Crippen LogP contribution < -0.4 is 0 Å². The van der Waals surface area contributed by atoms with Crippen LogP contribution in [0, 0.1) is 11.8 Å². The molecule has 0 aromatic carbocycles. The highest BCUT2D eigenvalue weighted by Crippen LogP contribution is 2.57. The molecule has 2 N–H and O–H groups in total. The van der Waals surface area contributed by atoms with Gasteiger partial charge in [-0.3, -0.25) is 9.59 Å². The number of hydrogen-bond donors (Lipinski definition) is 2. The largest absolute Gasteiger partial charge is 0.459 e. The molecular weight excluding hydrogens is 624 g/mol. The Morgan fingerprint density at radius 2 is 1.69 bits per heavy atom. The van der Waals surface area contributed by atoms with Crippen molar-refractivity contribution >= 4 is 29.8 Å². The molecule has 12 nitrogen and oxygen atoms in total. The zero-order valence-electron chi connectivity index (χ0n) is 29.8. The quantitative estimate of drug-likeness (QED) is 0.0987. The Labute approximate surface area is 282 Å². The van der Waals surface area contributed by atoms with Crippen molar-refractivity contribution in [2.75, 3.05) is 0 Å². The SMILES string of the molecule is C/C=C(/C)C(=O)OC1C(C)=C2C(C1OC(=O)CCCCC(C)CC)C(C)(OC(C)=O)CC(OC(=O)C=C(C)C)C1(O)C2OC(=O)C1(C)O. The maximum absolute atomic E-state index is 13.4. The fourth-order valence-corrected chi connectivity index (χ4v) is 6.98. The van der Waals surface area contributed by atoms with Crippen LogP contribution in [0.1, 0.15) is 108 Å². The van der Waals surface area contributed by atoms with E-state index in [0.717, 1.165) is 26.2 Å². The summed E-state index contributed by atoms with van der Waals surface area (Å²) in [5, 5.41) is 24.0. The maximum Gasteiger partial charge on any atom is 0.341 e. The van der Waals surface area contributed by atoms with Gasteiger partial charge in [0.2, 0.25) is 0 Å². The number of fused-ring (bicyclic) bond motifs is 3. The molecule has 1 saturated heterocycles. The molecule has 0 bridgehead atoms. The standard InChI is InChI=1S/C36H52O12/c1-11-20(5)15-13-14-16-25(38)45-30-28-27(22(7)29(30)46-32(40)21(6)12-2)31-36(43,35(10,42)33(41)47-31)24(44-26(39)17-19(3)4)18-34(28,9)48-23(8)37/h12,17,20,24,28-31,42-43H,11,13-16,18H2,1-10H3/b21-12-. The first-order valence-electron chi connectivity index (χ1n) is 16.7. The van der Waals surface area contributed by atoms with Gasteiger partial charge in [0.15, 0.2) is 29.5 Å². The fraction of sp³-hybridized carbons (Fsp3) is 0.694. The zero-order valence-corrected chi connectivity index (χ0v) is 29.8. The van der Waals surface area contributed by atoms with E-state index in [4.69, 9.17) is 23.7 Å². The second kappa shape index (κ2) is 14.9. The molecule has 1 aliphatic heterocycles. The minimum atomic E-state index is -2.61. The molecule has 2 aliphatic carbocycles. The van der Waals surface area contributed by atoms with Gasteiger partial charge in [0.05, 0.1) is 5.92 Å². The van der Waals surface area contributed by atoms with Crippen LogP contribution in [0.2, 0.25) is 0 Å². The molecule has 48 heavy (non-hydrogen) atoms. The summed E-state index contributed by atoms with van der Waals surface area (Å²) in [4.78, 5) is 65.5. The van der Waals surface area contributed by atoms with Gasteiger partial charge in [0, 0.05) is 31.4 Å². The number of aliphatic hydroxyl groups is 2. The van der Waals surface area contributed by atoms with E-state index >= 15 is 0 Å². The van der Waals surface area contributed by atoms with E-state index in [9.17, 15) is 34.2 Å². The van der Waals surface area contributed by atoms with E-state index in [-0.39, 0.29) is 23.1 Å². The number of esters is 5. The first-order valence-corrected chi connectivity index (χ1v) is 16.7. The molecule has 1 saturated carbocycles. The number of rotatable bonds is 12. The molecule has 12 heteroatoms. The van der Waals surface area contributed by atoms with Crippen molar-refractivity contribution in [1.29, 1.82) is 0 Å². The van der Waals surface area contributed by atoms with Crippen molar-refractivity contribution < 1.29 is 57.9 Å². The van der Waals surface area contributed by atoms with Crippen LogP contribution in [0.15, 0.2) is 34.4 Å². The van der Waals surface area contributed by atoms with Crippen LogP contribution in [0.3, 0.4) is 0 Å². The van der Waals surface area contributed by atoms with Crippen molar-refractivity contribution in [3.63, 3.8) is 0 Å². The van der Waals surface area contributed by atoms with Gasteiger partial charge in [-0.25, -0.2) is 14.4 Å². The Morgan fingerprint density at radius 3 is 2.25 bits per heavy atom. The molecule has 9 atom stereocenters. The number of unbranched alkanes of at least 4 members (excludes halogenated alkanes) is 1. The highest BCUT2D eigenvalue weighted by Gasteiger charge is 2.76. The number of ether oxygens (including phenoxy) is 5. The third-order valence-corrected chi connectivity index (χ3v) is 9.99. The summed E-state index contributed by atoms with van der Waals surface area (Å²) >= 11 is 0. The van der Waals surface area contributed by atoms with Crippen molar-refractivity contribution in [2.45, 2.75) is 149 Å². The molecule has 268 valence electrons. The molecule has 2 fully saturated rings. The van der Waals surface area contributed by atoms with Crippen LogP contribution in [0.4, 0.5) is 0 Å². The highest BCUT2D eigenvalue weighted by molar-refractivity contribution is 5.88. The van der Waals surface area contributed by atoms with Crippen LogP contribution >= 0.6 is 0 Å². The second-order valence-electron chi connectivity index (χ2n) is 14.1. The molecule has 0 aromatic heterocycles. The summed E-state index contributed by atoms with van der Waals surface area (Å²) in [6, 6.07) is 0. The first-order chi connectivity index (χ1) is 22.2. The second-order valence-corrected chi connectivity index (χ2v) is 14.1. The summed E-state index contributed by atoms with van der Waals surface area (Å²) in [5.41, 5.74) is -5.68. The summed E-state index contributed by atoms with van der Waals surface area (Å²) < 4.78 is 29.4. The van der Waals surface area contributed by atoms with Crippen LogP contribution in [-0.2, 0) is 47.7 Å². The summed E-state index contributed by atoms with van der Waals surface area (Å²) in [5.74, 6) is -4.77. The average molecular weight is 677 g/mol. The Morgan fingerprint density at radius 1 is 1.04 bits per heavy atom. The van der Waals surface area contributed by atoms with Gasteiger partial charge in [-0.15, -0.1) is 0 Å². The maximum atomic E-state index is 13.4. The normalized spacial score (nSPS) is 33.5. The monoisotopic (exact) mass is 676 g/mol. The number of carbonyl (C=O) groups excluding carboxylic acids is 5. The molecule has 0 amide bonds. The lowest BCUT2D eigenvalue weighted by Gasteiger charge is -2.41. The Bertz CT molecular complexity index is 1380. The predicted molar refractivity (Wildman–Crippen MR) is 173 cm³/mol. The number of carbonyl (C=O) groups is 5. The highest BCUT2D eigenvalue weighted by atomic mass is 16.6. The van der Waals surface area contributed by atoms with Crippen LogP contribution in [0.5, 0.6) is 0 Å². The van der Waals surface area contributed by atoms with Crippen molar-refractivity contribution in [3.05, 3.63) is 34.4 Å². The molecule has 9 unspecified atom stereocenters. The minimum absolute atomic E-state index is 0.0624.